The van der Waals surface area contributed by atoms with E-state index in [0.717, 1.165) is 30.9 Å². The van der Waals surface area contributed by atoms with Crippen LogP contribution in [0.4, 0.5) is 0 Å². The molecule has 2 heteroatoms. The molecule has 0 aromatic carbocycles. The normalized spacial score (nSPS) is 43.6. The van der Waals surface area contributed by atoms with Crippen molar-refractivity contribution in [3.05, 3.63) is 0 Å². The van der Waals surface area contributed by atoms with E-state index in [4.69, 9.17) is 4.74 Å². The topological polar surface area (TPSA) is 21.3 Å². The summed E-state index contributed by atoms with van der Waals surface area (Å²) in [5.41, 5.74) is 0.641. The van der Waals surface area contributed by atoms with E-state index in [9.17, 15) is 0 Å². The van der Waals surface area contributed by atoms with Gasteiger partial charge >= 0.3 is 0 Å². The molecule has 0 aliphatic heterocycles. The van der Waals surface area contributed by atoms with Crippen LogP contribution in [-0.2, 0) is 4.74 Å². The summed E-state index contributed by atoms with van der Waals surface area (Å²) in [6, 6.07) is 0.693. The van der Waals surface area contributed by atoms with E-state index in [1.54, 1.807) is 19.3 Å². The third-order valence-corrected chi connectivity index (χ3v) is 7.21. The summed E-state index contributed by atoms with van der Waals surface area (Å²) in [5, 5.41) is 3.84. The highest BCUT2D eigenvalue weighted by atomic mass is 16.5. The Morgan fingerprint density at radius 2 is 1.57 bits per heavy atom. The minimum atomic E-state index is 0.571. The largest absolute Gasteiger partial charge is 0.377 e. The zero-order chi connectivity index (χ0) is 14.3. The van der Waals surface area contributed by atoms with Crippen molar-refractivity contribution in [2.45, 2.75) is 83.3 Å². The third-order valence-electron chi connectivity index (χ3n) is 7.21. The molecule has 5 aliphatic carbocycles. The molecule has 0 amide bonds. The number of ether oxygens (including phenoxy) is 1. The molecule has 5 rings (SSSR count). The molecule has 0 aromatic heterocycles. The Morgan fingerprint density at radius 1 is 1.00 bits per heavy atom. The van der Waals surface area contributed by atoms with E-state index in [0.29, 0.717) is 17.6 Å². The maximum Gasteiger partial charge on any atom is 0.0594 e. The van der Waals surface area contributed by atoms with Crippen LogP contribution in [0, 0.1) is 23.2 Å². The molecule has 120 valence electrons. The summed E-state index contributed by atoms with van der Waals surface area (Å²) in [5.74, 6) is 3.20. The van der Waals surface area contributed by atoms with E-state index in [1.165, 1.54) is 44.9 Å². The maximum atomic E-state index is 6.01. The van der Waals surface area contributed by atoms with Crippen LogP contribution in [-0.4, -0.2) is 25.3 Å². The average molecular weight is 291 g/mol. The van der Waals surface area contributed by atoms with Gasteiger partial charge in [-0.25, -0.2) is 0 Å². The first-order valence-corrected chi connectivity index (χ1v) is 9.58. The summed E-state index contributed by atoms with van der Waals surface area (Å²) in [6.07, 6.45) is 15.1. The van der Waals surface area contributed by atoms with Crippen molar-refractivity contribution in [3.63, 3.8) is 0 Å². The van der Waals surface area contributed by atoms with Crippen LogP contribution in [0.25, 0.3) is 0 Å². The second kappa shape index (κ2) is 5.85. The minimum Gasteiger partial charge on any atom is -0.377 e. The summed E-state index contributed by atoms with van der Waals surface area (Å²) in [4.78, 5) is 0. The molecule has 1 N–H and O–H groups in total. The Kier molecular flexibility index (Phi) is 4.04. The lowest BCUT2D eigenvalue weighted by atomic mass is 9.48. The molecule has 1 atom stereocenters. The van der Waals surface area contributed by atoms with Crippen molar-refractivity contribution in [3.8, 4) is 0 Å². The summed E-state index contributed by atoms with van der Waals surface area (Å²) in [7, 11) is 0. The lowest BCUT2D eigenvalue weighted by molar-refractivity contribution is -0.0715. The number of hydrogen-bond donors (Lipinski definition) is 1. The Hall–Kier alpha value is -0.0800. The lowest BCUT2D eigenvalue weighted by Gasteiger charge is -2.59. The fourth-order valence-corrected chi connectivity index (χ4v) is 6.48. The monoisotopic (exact) mass is 291 g/mol. The predicted molar refractivity (Wildman–Crippen MR) is 86.3 cm³/mol. The zero-order valence-electron chi connectivity index (χ0n) is 13.8. The van der Waals surface area contributed by atoms with E-state index < -0.39 is 0 Å². The molecular formula is C19H33NO. The first-order valence-electron chi connectivity index (χ1n) is 9.58. The van der Waals surface area contributed by atoms with Crippen molar-refractivity contribution < 1.29 is 4.74 Å². The molecule has 2 nitrogen and oxygen atoms in total. The Morgan fingerprint density at radius 3 is 2.14 bits per heavy atom. The van der Waals surface area contributed by atoms with Gasteiger partial charge in [-0.3, -0.25) is 0 Å². The van der Waals surface area contributed by atoms with Gasteiger partial charge < -0.3 is 10.1 Å². The third kappa shape index (κ3) is 2.91. The number of rotatable bonds is 6. The van der Waals surface area contributed by atoms with E-state index in [1.807, 2.05) is 0 Å². The molecule has 0 radical (unpaired) electrons. The molecule has 5 saturated carbocycles. The van der Waals surface area contributed by atoms with Crippen LogP contribution in [0.15, 0.2) is 0 Å². The van der Waals surface area contributed by atoms with Gasteiger partial charge in [0.1, 0.15) is 0 Å². The highest BCUT2D eigenvalue weighted by Crippen LogP contribution is 2.61. The predicted octanol–water partition coefficient (Wildman–Crippen LogP) is 4.14. The van der Waals surface area contributed by atoms with Gasteiger partial charge in [0.2, 0.25) is 0 Å². The standard InChI is InChI=1S/C19H33NO/c1-14(20-6-7-21-18-4-2-3-5-18)19-11-15-8-16(12-19)10-17(9-15)13-19/h14-18,20H,2-13H2,1H3. The second-order valence-electron chi connectivity index (χ2n) is 8.73. The lowest BCUT2D eigenvalue weighted by Crippen LogP contribution is -2.55. The van der Waals surface area contributed by atoms with Crippen LogP contribution in [0.1, 0.15) is 71.1 Å². The molecule has 5 aliphatic rings. The molecule has 0 saturated heterocycles. The Bertz CT molecular complexity index is 325. The molecule has 0 heterocycles. The highest BCUT2D eigenvalue weighted by molar-refractivity contribution is 5.05. The summed E-state index contributed by atoms with van der Waals surface area (Å²) >= 11 is 0. The molecular weight excluding hydrogens is 258 g/mol. The average Bonchev–Trinajstić information content (AvgIpc) is 2.95. The molecule has 0 spiro atoms. The molecule has 0 aromatic rings. The van der Waals surface area contributed by atoms with Gasteiger partial charge in [0, 0.05) is 12.6 Å². The van der Waals surface area contributed by atoms with Gasteiger partial charge in [-0.15, -0.1) is 0 Å². The first-order chi connectivity index (χ1) is 10.2. The van der Waals surface area contributed by atoms with Crippen LogP contribution in [0.5, 0.6) is 0 Å². The van der Waals surface area contributed by atoms with Crippen LogP contribution < -0.4 is 5.32 Å². The van der Waals surface area contributed by atoms with Crippen LogP contribution >= 0.6 is 0 Å². The summed E-state index contributed by atoms with van der Waals surface area (Å²) in [6.45, 7) is 4.43. The molecule has 1 unspecified atom stereocenters. The van der Waals surface area contributed by atoms with E-state index >= 15 is 0 Å². The maximum absolute atomic E-state index is 6.01. The van der Waals surface area contributed by atoms with Gasteiger partial charge in [-0.1, -0.05) is 12.8 Å². The SMILES string of the molecule is CC(NCCOC1CCCC1)C12CC3CC(CC(C3)C1)C2. The molecule has 4 bridgehead atoms. The van der Waals surface area contributed by atoms with Crippen molar-refractivity contribution in [1.29, 1.82) is 0 Å². The van der Waals surface area contributed by atoms with E-state index in [-0.39, 0.29) is 0 Å². The van der Waals surface area contributed by atoms with Gasteiger partial charge in [0.05, 0.1) is 12.7 Å². The number of nitrogens with one attached hydrogen (secondary N) is 1. The molecule has 5 fully saturated rings. The Labute approximate surface area is 130 Å². The summed E-state index contributed by atoms with van der Waals surface area (Å²) < 4.78 is 6.01. The smallest absolute Gasteiger partial charge is 0.0594 e. The van der Waals surface area contributed by atoms with E-state index in [2.05, 4.69) is 12.2 Å². The van der Waals surface area contributed by atoms with Crippen molar-refractivity contribution in [2.75, 3.05) is 13.2 Å². The van der Waals surface area contributed by atoms with Gasteiger partial charge in [-0.2, -0.15) is 0 Å². The second-order valence-corrected chi connectivity index (χ2v) is 8.73. The van der Waals surface area contributed by atoms with Gasteiger partial charge in [0.25, 0.3) is 0 Å². The Balaban J connectivity index is 1.25. The quantitative estimate of drug-likeness (QED) is 0.743. The van der Waals surface area contributed by atoms with Crippen molar-refractivity contribution in [2.24, 2.45) is 23.2 Å². The minimum absolute atomic E-state index is 0.571. The highest BCUT2D eigenvalue weighted by Gasteiger charge is 2.52. The van der Waals surface area contributed by atoms with Gasteiger partial charge in [-0.05, 0) is 81.5 Å². The zero-order valence-corrected chi connectivity index (χ0v) is 13.8. The number of hydrogen-bond acceptors (Lipinski definition) is 2. The first kappa shape index (κ1) is 14.5. The fraction of sp³-hybridized carbons (Fsp3) is 1.00. The molecule has 21 heavy (non-hydrogen) atoms. The van der Waals surface area contributed by atoms with Crippen molar-refractivity contribution >= 4 is 0 Å². The fourth-order valence-electron chi connectivity index (χ4n) is 6.48. The van der Waals surface area contributed by atoms with Crippen LogP contribution in [0.3, 0.4) is 0 Å². The van der Waals surface area contributed by atoms with Crippen LogP contribution in [0.2, 0.25) is 0 Å². The van der Waals surface area contributed by atoms with Crippen molar-refractivity contribution in [1.82, 2.24) is 5.32 Å². The van der Waals surface area contributed by atoms with Gasteiger partial charge in [0.15, 0.2) is 0 Å².